The maximum absolute atomic E-state index is 13.4. The molecule has 13 heteroatoms. The van der Waals surface area contributed by atoms with E-state index in [1.54, 1.807) is 25.1 Å². The molecule has 1 atom stereocenters. The van der Waals surface area contributed by atoms with Gasteiger partial charge >= 0.3 is 6.18 Å². The molecule has 1 aromatic carbocycles. The van der Waals surface area contributed by atoms with Crippen molar-refractivity contribution in [2.75, 3.05) is 60.7 Å². The number of anilines is 4. The Balaban J connectivity index is 1.74. The van der Waals surface area contributed by atoms with Crippen LogP contribution in [0.1, 0.15) is 30.5 Å². The number of rotatable bonds is 8. The highest BCUT2D eigenvalue weighted by Crippen LogP contribution is 2.34. The minimum atomic E-state index is -4.53. The Kier molecular flexibility index (Phi) is 7.52. The van der Waals surface area contributed by atoms with Crippen molar-refractivity contribution in [3.05, 3.63) is 41.6 Å². The first-order valence-electron chi connectivity index (χ1n) is 11.8. The van der Waals surface area contributed by atoms with Gasteiger partial charge in [0.1, 0.15) is 11.6 Å². The van der Waals surface area contributed by atoms with Crippen molar-refractivity contribution in [2.45, 2.75) is 25.6 Å². The van der Waals surface area contributed by atoms with Gasteiger partial charge in [-0.1, -0.05) is 0 Å². The summed E-state index contributed by atoms with van der Waals surface area (Å²) in [7, 11) is 1.72. The lowest BCUT2D eigenvalue weighted by Gasteiger charge is -2.28. The molecule has 0 radical (unpaired) electrons. The number of amides is 1. The number of benzene rings is 1. The molecule has 4 rings (SSSR count). The van der Waals surface area contributed by atoms with Gasteiger partial charge in [-0.05, 0) is 36.8 Å². The van der Waals surface area contributed by atoms with Gasteiger partial charge in [-0.3, -0.25) is 4.79 Å². The van der Waals surface area contributed by atoms with Crippen LogP contribution in [-0.4, -0.2) is 60.8 Å². The summed E-state index contributed by atoms with van der Waals surface area (Å²) in [5, 5.41) is 3.88. The highest BCUT2D eigenvalue weighted by atomic mass is 19.4. The van der Waals surface area contributed by atoms with Crippen molar-refractivity contribution in [2.24, 2.45) is 5.73 Å². The number of aromatic nitrogens is 3. The van der Waals surface area contributed by atoms with Crippen LogP contribution in [0.4, 0.5) is 36.4 Å². The number of fused-ring (bicyclic) bond motifs is 1. The Morgan fingerprint density at radius 1 is 1.22 bits per heavy atom. The molecule has 1 saturated heterocycles. The largest absolute Gasteiger partial charge is 0.416 e. The fourth-order valence-electron chi connectivity index (χ4n) is 4.01. The summed E-state index contributed by atoms with van der Waals surface area (Å²) in [6, 6.07) is 4.74. The van der Waals surface area contributed by atoms with Gasteiger partial charge < -0.3 is 31.3 Å². The molecule has 1 aliphatic rings. The molecule has 2 aromatic heterocycles. The van der Waals surface area contributed by atoms with Gasteiger partial charge in [0, 0.05) is 44.2 Å². The standard InChI is InChI=1S/C24H29F3N8O2/c1-14(15-9-16(24(25,26)27)11-17(28)10-15)31-22-18-12-21(35-5-7-37-8-6-35)30-13-19(18)32-23(33-22)34(2)4-3-20(29)36/h9-14H,3-8,28H2,1-2H3,(H2,29,36)(H,31,32,33)/t14-/m1/s1. The zero-order valence-electron chi connectivity index (χ0n) is 20.5. The van der Waals surface area contributed by atoms with Gasteiger partial charge in [0.15, 0.2) is 0 Å². The van der Waals surface area contributed by atoms with Gasteiger partial charge in [-0.25, -0.2) is 9.97 Å². The van der Waals surface area contributed by atoms with E-state index in [1.165, 1.54) is 6.07 Å². The summed E-state index contributed by atoms with van der Waals surface area (Å²) in [5.41, 5.74) is 11.1. The number of morpholine rings is 1. The molecule has 0 aliphatic carbocycles. The number of ether oxygens (including phenoxy) is 1. The first-order valence-corrected chi connectivity index (χ1v) is 11.8. The van der Waals surface area contributed by atoms with E-state index in [2.05, 4.69) is 25.2 Å². The fraction of sp³-hybridized carbons (Fsp3) is 0.417. The second-order valence-corrected chi connectivity index (χ2v) is 8.92. The summed E-state index contributed by atoms with van der Waals surface area (Å²) < 4.78 is 45.6. The van der Waals surface area contributed by atoms with Crippen LogP contribution in [0.25, 0.3) is 10.9 Å². The summed E-state index contributed by atoms with van der Waals surface area (Å²) in [6.07, 6.45) is -2.79. The summed E-state index contributed by atoms with van der Waals surface area (Å²) >= 11 is 0. The number of nitrogens with one attached hydrogen (secondary N) is 1. The predicted octanol–water partition coefficient (Wildman–Crippen LogP) is 2.95. The Hall–Kier alpha value is -3.87. The number of halogens is 3. The van der Waals surface area contributed by atoms with Gasteiger partial charge in [0.2, 0.25) is 11.9 Å². The molecule has 5 N–H and O–H groups in total. The molecule has 0 bridgehead atoms. The molecular formula is C24H29F3N8O2. The minimum absolute atomic E-state index is 0.0108. The average Bonchev–Trinajstić information content (AvgIpc) is 2.86. The van der Waals surface area contributed by atoms with Crippen LogP contribution in [0.15, 0.2) is 30.5 Å². The molecule has 0 spiro atoms. The van der Waals surface area contributed by atoms with E-state index in [4.69, 9.17) is 16.2 Å². The second kappa shape index (κ2) is 10.6. The van der Waals surface area contributed by atoms with Crippen LogP contribution in [0.2, 0.25) is 0 Å². The van der Waals surface area contributed by atoms with Crippen molar-refractivity contribution < 1.29 is 22.7 Å². The number of nitrogens with two attached hydrogens (primary N) is 2. The van der Waals surface area contributed by atoms with Crippen LogP contribution in [0.5, 0.6) is 0 Å². The van der Waals surface area contributed by atoms with E-state index in [0.717, 1.165) is 12.1 Å². The number of alkyl halides is 3. The number of carbonyl (C=O) groups excluding carboxylic acids is 1. The Labute approximate surface area is 211 Å². The highest BCUT2D eigenvalue weighted by Gasteiger charge is 2.31. The topological polar surface area (TPSA) is 136 Å². The third kappa shape index (κ3) is 6.28. The normalized spacial score (nSPS) is 15.0. The lowest BCUT2D eigenvalue weighted by molar-refractivity contribution is -0.137. The minimum Gasteiger partial charge on any atom is -0.399 e. The van der Waals surface area contributed by atoms with Crippen molar-refractivity contribution in [3.8, 4) is 0 Å². The fourth-order valence-corrected chi connectivity index (χ4v) is 4.01. The molecule has 1 aliphatic heterocycles. The van der Waals surface area contributed by atoms with Crippen LogP contribution >= 0.6 is 0 Å². The van der Waals surface area contributed by atoms with Crippen LogP contribution < -0.4 is 26.6 Å². The third-order valence-electron chi connectivity index (χ3n) is 6.08. The van der Waals surface area contributed by atoms with E-state index in [0.29, 0.717) is 66.9 Å². The summed E-state index contributed by atoms with van der Waals surface area (Å²) in [6.45, 7) is 4.53. The number of nitrogen functional groups attached to an aromatic ring is 1. The van der Waals surface area contributed by atoms with E-state index < -0.39 is 23.7 Å². The SMILES string of the molecule is C[C@@H](Nc1nc(N(C)CCC(N)=O)nc2cnc(N3CCOCC3)cc12)c1cc(N)cc(C(F)(F)F)c1. The summed E-state index contributed by atoms with van der Waals surface area (Å²) in [4.78, 5) is 28.8. The number of hydrogen-bond donors (Lipinski definition) is 3. The number of carbonyl (C=O) groups is 1. The second-order valence-electron chi connectivity index (χ2n) is 8.92. The van der Waals surface area contributed by atoms with Crippen molar-refractivity contribution >= 4 is 40.1 Å². The number of hydrogen-bond acceptors (Lipinski definition) is 9. The average molecular weight is 519 g/mol. The summed E-state index contributed by atoms with van der Waals surface area (Å²) in [5.74, 6) is 0.978. The van der Waals surface area contributed by atoms with E-state index in [1.807, 2.05) is 6.07 Å². The van der Waals surface area contributed by atoms with Crippen molar-refractivity contribution in [1.82, 2.24) is 15.0 Å². The van der Waals surface area contributed by atoms with Gasteiger partial charge in [-0.2, -0.15) is 18.2 Å². The molecule has 37 heavy (non-hydrogen) atoms. The van der Waals surface area contributed by atoms with E-state index >= 15 is 0 Å². The molecule has 3 aromatic rings. The molecule has 10 nitrogen and oxygen atoms in total. The Morgan fingerprint density at radius 2 is 1.95 bits per heavy atom. The van der Waals surface area contributed by atoms with Crippen molar-refractivity contribution in [3.63, 3.8) is 0 Å². The molecule has 0 saturated carbocycles. The Bertz CT molecular complexity index is 1280. The monoisotopic (exact) mass is 518 g/mol. The molecule has 0 unspecified atom stereocenters. The smallest absolute Gasteiger partial charge is 0.399 e. The van der Waals surface area contributed by atoms with E-state index in [-0.39, 0.29) is 12.1 Å². The van der Waals surface area contributed by atoms with Crippen LogP contribution in [0, 0.1) is 0 Å². The Morgan fingerprint density at radius 3 is 2.62 bits per heavy atom. The van der Waals surface area contributed by atoms with Gasteiger partial charge in [0.25, 0.3) is 0 Å². The number of pyridine rings is 1. The molecule has 3 heterocycles. The van der Waals surface area contributed by atoms with Gasteiger partial charge in [0.05, 0.1) is 36.5 Å². The lowest BCUT2D eigenvalue weighted by atomic mass is 10.0. The molecule has 1 fully saturated rings. The lowest BCUT2D eigenvalue weighted by Crippen LogP contribution is -2.36. The quantitative estimate of drug-likeness (QED) is 0.385. The number of nitrogens with zero attached hydrogens (tertiary/aromatic N) is 5. The first-order chi connectivity index (χ1) is 17.5. The first kappa shape index (κ1) is 26.2. The van der Waals surface area contributed by atoms with Gasteiger partial charge in [-0.15, -0.1) is 0 Å². The highest BCUT2D eigenvalue weighted by molar-refractivity contribution is 5.91. The third-order valence-corrected chi connectivity index (χ3v) is 6.08. The van der Waals surface area contributed by atoms with Crippen molar-refractivity contribution in [1.29, 1.82) is 0 Å². The zero-order chi connectivity index (χ0) is 26.7. The molecule has 1 amide bonds. The maximum Gasteiger partial charge on any atom is 0.416 e. The van der Waals surface area contributed by atoms with Crippen LogP contribution in [-0.2, 0) is 15.7 Å². The van der Waals surface area contributed by atoms with E-state index in [9.17, 15) is 18.0 Å². The zero-order valence-corrected chi connectivity index (χ0v) is 20.5. The van der Waals surface area contributed by atoms with Crippen LogP contribution in [0.3, 0.4) is 0 Å². The predicted molar refractivity (Wildman–Crippen MR) is 135 cm³/mol. The molecule has 198 valence electrons. The number of primary amides is 1. The maximum atomic E-state index is 13.4. The molecular weight excluding hydrogens is 489 g/mol.